The zero-order valence-corrected chi connectivity index (χ0v) is 53.4. The zero-order valence-electron chi connectivity index (χ0n) is 52.5. The molecule has 0 saturated heterocycles. The number of hydrogen-bond acceptors (Lipinski definition) is 8. The first-order valence-corrected chi connectivity index (χ1v) is 35.2. The fraction of sp³-hybridized carbons (Fsp3) is 0.746. The van der Waals surface area contributed by atoms with Crippen LogP contribution >= 0.6 is 7.82 Å². The van der Waals surface area contributed by atoms with Crippen LogP contribution in [0.1, 0.15) is 309 Å². The van der Waals surface area contributed by atoms with Crippen LogP contribution in [0.2, 0.25) is 0 Å². The molecular weight excluding hydrogens is 1030 g/mol. The van der Waals surface area contributed by atoms with E-state index in [4.69, 9.17) is 24.3 Å². The Bertz CT molecular complexity index is 1650. The Balaban J connectivity index is 3.86. The van der Waals surface area contributed by atoms with Crippen LogP contribution in [0.3, 0.4) is 0 Å². The van der Waals surface area contributed by atoms with Crippen LogP contribution in [-0.4, -0.2) is 49.3 Å². The normalized spacial score (nSPS) is 13.6. The van der Waals surface area contributed by atoms with Gasteiger partial charge in [0.2, 0.25) is 0 Å². The second kappa shape index (κ2) is 66.1. The number of carbonyl (C=O) groups excluding carboxylic acids is 2. The molecule has 0 radical (unpaired) electrons. The molecule has 0 bridgehead atoms. The van der Waals surface area contributed by atoms with E-state index in [-0.39, 0.29) is 38.6 Å². The van der Waals surface area contributed by atoms with E-state index in [0.29, 0.717) is 6.42 Å². The molecule has 0 aliphatic carbocycles. The summed E-state index contributed by atoms with van der Waals surface area (Å²) in [6, 6.07) is 0. The molecule has 0 aromatic carbocycles. The molecular formula is C71H126NO8P. The van der Waals surface area contributed by atoms with E-state index in [1.807, 2.05) is 0 Å². The molecule has 81 heavy (non-hydrogen) atoms. The fourth-order valence-electron chi connectivity index (χ4n) is 9.50. The van der Waals surface area contributed by atoms with E-state index in [1.165, 1.54) is 193 Å². The Morgan fingerprint density at radius 2 is 0.679 bits per heavy atom. The Hall–Kier alpha value is -3.07. The van der Waals surface area contributed by atoms with Crippen molar-refractivity contribution in [1.82, 2.24) is 0 Å². The number of ether oxygens (including phenoxy) is 2. The number of unbranched alkanes of at least 4 members (excludes halogenated alkanes) is 34. The van der Waals surface area contributed by atoms with Gasteiger partial charge in [-0.3, -0.25) is 18.6 Å². The van der Waals surface area contributed by atoms with E-state index in [9.17, 15) is 19.0 Å². The Morgan fingerprint density at radius 3 is 1.02 bits per heavy atom. The third-order valence-corrected chi connectivity index (χ3v) is 15.4. The molecule has 2 unspecified atom stereocenters. The molecule has 468 valence electrons. The molecule has 0 aliphatic heterocycles. The van der Waals surface area contributed by atoms with Crippen molar-refractivity contribution in [3.63, 3.8) is 0 Å². The van der Waals surface area contributed by atoms with E-state index in [2.05, 4.69) is 111 Å². The van der Waals surface area contributed by atoms with Gasteiger partial charge in [-0.2, -0.15) is 0 Å². The van der Waals surface area contributed by atoms with Crippen molar-refractivity contribution in [2.24, 2.45) is 5.73 Å². The summed E-state index contributed by atoms with van der Waals surface area (Å²) in [5.41, 5.74) is 5.40. The minimum absolute atomic E-state index is 0.0517. The summed E-state index contributed by atoms with van der Waals surface area (Å²) in [5, 5.41) is 0. The van der Waals surface area contributed by atoms with Gasteiger partial charge < -0.3 is 20.1 Å². The topological polar surface area (TPSA) is 134 Å². The van der Waals surface area contributed by atoms with Gasteiger partial charge in [0.25, 0.3) is 0 Å². The lowest BCUT2D eigenvalue weighted by atomic mass is 10.0. The van der Waals surface area contributed by atoms with Crippen molar-refractivity contribution in [3.05, 3.63) is 97.2 Å². The molecule has 0 amide bonds. The molecule has 3 N–H and O–H groups in total. The molecule has 0 fully saturated rings. The zero-order chi connectivity index (χ0) is 58.7. The summed E-state index contributed by atoms with van der Waals surface area (Å²) >= 11 is 0. The summed E-state index contributed by atoms with van der Waals surface area (Å²) in [6.07, 6.45) is 89.2. The SMILES string of the molecule is CC/C=C\C/C=C\C/C=C\C/C=C\C/C=C\C/C=C\C/C=C\CCCCCCCCCCCCCCCCCCCC(=O)OC(COC(=O)CCCCCCCCCCC/C=C\CCCCCCCCCC)COP(=O)(O)OCCN. The molecule has 0 spiro atoms. The number of nitrogens with two attached hydrogens (primary N) is 1. The van der Waals surface area contributed by atoms with Crippen molar-refractivity contribution >= 4 is 19.8 Å². The van der Waals surface area contributed by atoms with Crippen molar-refractivity contribution in [3.8, 4) is 0 Å². The quantitative estimate of drug-likeness (QED) is 0.0264. The molecule has 0 aliphatic rings. The van der Waals surface area contributed by atoms with Gasteiger partial charge in [-0.1, -0.05) is 297 Å². The first kappa shape index (κ1) is 77.9. The van der Waals surface area contributed by atoms with Crippen LogP contribution in [0, 0.1) is 0 Å². The lowest BCUT2D eigenvalue weighted by Gasteiger charge is -2.19. The Labute approximate surface area is 499 Å². The Kier molecular flexibility index (Phi) is 63.6. The highest BCUT2D eigenvalue weighted by atomic mass is 31.2. The minimum atomic E-state index is -4.39. The fourth-order valence-corrected chi connectivity index (χ4v) is 10.3. The van der Waals surface area contributed by atoms with E-state index in [1.54, 1.807) is 0 Å². The first-order chi connectivity index (χ1) is 39.8. The van der Waals surface area contributed by atoms with Crippen molar-refractivity contribution in [2.75, 3.05) is 26.4 Å². The highest BCUT2D eigenvalue weighted by Crippen LogP contribution is 2.43. The summed E-state index contributed by atoms with van der Waals surface area (Å²) in [5.74, 6) is -0.821. The molecule has 2 atom stereocenters. The number of phosphoric ester groups is 1. The van der Waals surface area contributed by atoms with Gasteiger partial charge in [-0.05, 0) is 96.3 Å². The lowest BCUT2D eigenvalue weighted by molar-refractivity contribution is -0.161. The maximum atomic E-state index is 12.8. The van der Waals surface area contributed by atoms with Gasteiger partial charge in [-0.15, -0.1) is 0 Å². The second-order valence-electron chi connectivity index (χ2n) is 22.3. The number of rotatable bonds is 63. The molecule has 0 aromatic rings. The lowest BCUT2D eigenvalue weighted by Crippen LogP contribution is -2.29. The molecule has 10 heteroatoms. The van der Waals surface area contributed by atoms with Crippen LogP contribution in [0.25, 0.3) is 0 Å². The Morgan fingerprint density at radius 1 is 0.383 bits per heavy atom. The van der Waals surface area contributed by atoms with Gasteiger partial charge in [0, 0.05) is 19.4 Å². The molecule has 0 heterocycles. The van der Waals surface area contributed by atoms with E-state index >= 15 is 0 Å². The average molecular weight is 1150 g/mol. The van der Waals surface area contributed by atoms with Crippen LogP contribution in [0.15, 0.2) is 97.2 Å². The smallest absolute Gasteiger partial charge is 0.462 e. The van der Waals surface area contributed by atoms with E-state index < -0.39 is 26.5 Å². The van der Waals surface area contributed by atoms with Gasteiger partial charge in [-0.25, -0.2) is 4.57 Å². The van der Waals surface area contributed by atoms with Crippen LogP contribution in [0.5, 0.6) is 0 Å². The number of phosphoric acid groups is 1. The van der Waals surface area contributed by atoms with Gasteiger partial charge in [0.1, 0.15) is 6.61 Å². The third-order valence-electron chi connectivity index (χ3n) is 14.5. The molecule has 9 nitrogen and oxygen atoms in total. The summed E-state index contributed by atoms with van der Waals surface area (Å²) < 4.78 is 33.1. The van der Waals surface area contributed by atoms with Gasteiger partial charge in [0.05, 0.1) is 13.2 Å². The van der Waals surface area contributed by atoms with Gasteiger partial charge >= 0.3 is 19.8 Å². The summed E-state index contributed by atoms with van der Waals surface area (Å²) in [6.45, 7) is 3.66. The first-order valence-electron chi connectivity index (χ1n) is 33.7. The summed E-state index contributed by atoms with van der Waals surface area (Å²) in [7, 11) is -4.39. The van der Waals surface area contributed by atoms with Crippen molar-refractivity contribution in [1.29, 1.82) is 0 Å². The second-order valence-corrected chi connectivity index (χ2v) is 23.8. The number of esters is 2. The van der Waals surface area contributed by atoms with Crippen LogP contribution in [-0.2, 0) is 32.7 Å². The molecule has 0 aromatic heterocycles. The minimum Gasteiger partial charge on any atom is -0.462 e. The van der Waals surface area contributed by atoms with Crippen LogP contribution in [0.4, 0.5) is 0 Å². The average Bonchev–Trinajstić information content (AvgIpc) is 3.46. The van der Waals surface area contributed by atoms with Crippen molar-refractivity contribution < 1.29 is 37.6 Å². The maximum absolute atomic E-state index is 12.8. The van der Waals surface area contributed by atoms with Gasteiger partial charge in [0.15, 0.2) is 6.10 Å². The van der Waals surface area contributed by atoms with Crippen molar-refractivity contribution in [2.45, 2.75) is 315 Å². The summed E-state index contributed by atoms with van der Waals surface area (Å²) in [4.78, 5) is 35.3. The largest absolute Gasteiger partial charge is 0.472 e. The number of carbonyl (C=O) groups is 2. The molecule has 0 rings (SSSR count). The standard InChI is InChI=1S/C71H126NO8P/c1-3-5-7-9-11-13-15-17-19-21-23-25-26-27-28-29-30-31-32-33-34-35-36-37-38-39-40-41-42-44-46-48-50-52-54-56-58-60-62-64-71(74)80-69(68-79-81(75,76)78-66-65-72)67-77-70(73)63-61-59-57-55-53-51-49-47-45-43-24-22-20-18-16-14-12-10-8-6-4-2/h5,7,11,13,17,19,22-25,27-28,30-31,33-34,69H,3-4,6,8-10,12,14-16,18,20-21,26,29,32,35-68,72H2,1-2H3,(H,75,76)/b7-5-,13-11-,19-17-,24-22-,25-23-,28-27-,31-30-,34-33-. The highest BCUT2D eigenvalue weighted by Gasteiger charge is 2.26. The number of allylic oxidation sites excluding steroid dienone is 16. The predicted molar refractivity (Wildman–Crippen MR) is 348 cm³/mol. The number of hydrogen-bond donors (Lipinski definition) is 2. The molecule has 0 saturated carbocycles. The predicted octanol–water partition coefficient (Wildman–Crippen LogP) is 22.0. The highest BCUT2D eigenvalue weighted by molar-refractivity contribution is 7.47. The van der Waals surface area contributed by atoms with E-state index in [0.717, 1.165) is 83.5 Å². The third kappa shape index (κ3) is 65.9. The van der Waals surface area contributed by atoms with Crippen LogP contribution < -0.4 is 5.73 Å². The maximum Gasteiger partial charge on any atom is 0.472 e. The monoisotopic (exact) mass is 1150 g/mol.